The molecule has 2 saturated carbocycles. The van der Waals surface area contributed by atoms with E-state index >= 15 is 0 Å². The van der Waals surface area contributed by atoms with Crippen LogP contribution in [0.25, 0.3) is 0 Å². The molecule has 0 aromatic heterocycles. The quantitative estimate of drug-likeness (QED) is 0.805. The highest BCUT2D eigenvalue weighted by molar-refractivity contribution is 5.79. The van der Waals surface area contributed by atoms with Gasteiger partial charge in [-0.05, 0) is 45.1 Å². The monoisotopic (exact) mass is 323 g/mol. The number of hydrogen-bond acceptors (Lipinski definition) is 4. The van der Waals surface area contributed by atoms with Crippen LogP contribution in [0.1, 0.15) is 51.9 Å². The second kappa shape index (κ2) is 7.49. The molecule has 1 saturated heterocycles. The molecule has 3 N–H and O–H groups in total. The van der Waals surface area contributed by atoms with Crippen molar-refractivity contribution < 1.29 is 9.53 Å². The van der Waals surface area contributed by atoms with E-state index in [-0.39, 0.29) is 23.4 Å². The van der Waals surface area contributed by atoms with Crippen molar-refractivity contribution in [2.75, 3.05) is 32.8 Å². The van der Waals surface area contributed by atoms with E-state index in [9.17, 15) is 4.79 Å². The first-order chi connectivity index (χ1) is 11.2. The van der Waals surface area contributed by atoms with Gasteiger partial charge in [0.1, 0.15) is 0 Å². The molecule has 1 heterocycles. The molecule has 3 aliphatic rings. The summed E-state index contributed by atoms with van der Waals surface area (Å²) < 4.78 is 5.53. The SMILES string of the molecule is CC(NC(=O)[C@@H]1CCC[C@@H]1CN)C1(N2CCOCC2)CCCC1. The van der Waals surface area contributed by atoms with E-state index in [2.05, 4.69) is 17.1 Å². The Hall–Kier alpha value is -0.650. The van der Waals surface area contributed by atoms with Crippen LogP contribution in [-0.2, 0) is 9.53 Å². The molecule has 1 aliphatic heterocycles. The predicted molar refractivity (Wildman–Crippen MR) is 91.1 cm³/mol. The summed E-state index contributed by atoms with van der Waals surface area (Å²) in [5.74, 6) is 0.751. The normalized spacial score (nSPS) is 32.8. The third kappa shape index (κ3) is 3.42. The number of rotatable bonds is 5. The highest BCUT2D eigenvalue weighted by Crippen LogP contribution is 2.39. The Labute approximate surface area is 140 Å². The molecule has 0 aromatic rings. The van der Waals surface area contributed by atoms with E-state index in [4.69, 9.17) is 10.5 Å². The van der Waals surface area contributed by atoms with E-state index < -0.39 is 0 Å². The van der Waals surface area contributed by atoms with Crippen LogP contribution >= 0.6 is 0 Å². The fourth-order valence-electron chi connectivity index (χ4n) is 5.14. The summed E-state index contributed by atoms with van der Waals surface area (Å²) in [4.78, 5) is 15.4. The lowest BCUT2D eigenvalue weighted by Gasteiger charge is -2.47. The number of nitrogens with one attached hydrogen (secondary N) is 1. The summed E-state index contributed by atoms with van der Waals surface area (Å²) in [7, 11) is 0. The Kier molecular flexibility index (Phi) is 5.60. The summed E-state index contributed by atoms with van der Waals surface area (Å²) >= 11 is 0. The zero-order chi connectivity index (χ0) is 16.3. The van der Waals surface area contributed by atoms with E-state index in [0.717, 1.165) is 45.6 Å². The Morgan fingerprint density at radius 1 is 1.26 bits per heavy atom. The van der Waals surface area contributed by atoms with Gasteiger partial charge in [0.15, 0.2) is 0 Å². The number of carbonyl (C=O) groups is 1. The second-order valence-electron chi connectivity index (χ2n) is 7.67. The van der Waals surface area contributed by atoms with Gasteiger partial charge in [-0.25, -0.2) is 0 Å². The Bertz CT molecular complexity index is 403. The molecule has 0 radical (unpaired) electrons. The summed E-state index contributed by atoms with van der Waals surface area (Å²) in [5.41, 5.74) is 5.99. The van der Waals surface area contributed by atoms with Gasteiger partial charge >= 0.3 is 0 Å². The standard InChI is InChI=1S/C18H33N3O2/c1-14(20-17(22)16-6-4-5-15(16)13-19)18(7-2-3-8-18)21-9-11-23-12-10-21/h14-16H,2-13,19H2,1H3,(H,20,22)/t14?,15-,16-/m1/s1. The zero-order valence-corrected chi connectivity index (χ0v) is 14.6. The van der Waals surface area contributed by atoms with Crippen LogP contribution < -0.4 is 11.1 Å². The fraction of sp³-hybridized carbons (Fsp3) is 0.944. The maximum absolute atomic E-state index is 12.8. The third-order valence-electron chi connectivity index (χ3n) is 6.57. The van der Waals surface area contributed by atoms with E-state index in [0.29, 0.717) is 12.5 Å². The molecule has 3 atom stereocenters. The van der Waals surface area contributed by atoms with Gasteiger partial charge < -0.3 is 15.8 Å². The first-order valence-electron chi connectivity index (χ1n) is 9.50. The van der Waals surface area contributed by atoms with Crippen LogP contribution in [0.5, 0.6) is 0 Å². The lowest BCUT2D eigenvalue weighted by molar-refractivity contribution is -0.128. The molecule has 0 bridgehead atoms. The van der Waals surface area contributed by atoms with Gasteiger partial charge in [-0.3, -0.25) is 9.69 Å². The first kappa shape index (κ1) is 17.2. The van der Waals surface area contributed by atoms with Gasteiger partial charge in [0.25, 0.3) is 0 Å². The summed E-state index contributed by atoms with van der Waals surface area (Å²) in [5, 5.41) is 3.39. The molecule has 0 aromatic carbocycles. The predicted octanol–water partition coefficient (Wildman–Crippen LogP) is 1.51. The van der Waals surface area contributed by atoms with Crippen molar-refractivity contribution in [3.05, 3.63) is 0 Å². The minimum atomic E-state index is 0.130. The molecule has 3 rings (SSSR count). The molecular weight excluding hydrogens is 290 g/mol. The van der Waals surface area contributed by atoms with Crippen molar-refractivity contribution in [1.82, 2.24) is 10.2 Å². The molecule has 23 heavy (non-hydrogen) atoms. The van der Waals surface area contributed by atoms with Crippen molar-refractivity contribution in [1.29, 1.82) is 0 Å². The van der Waals surface area contributed by atoms with Crippen LogP contribution in [-0.4, -0.2) is 55.2 Å². The zero-order valence-electron chi connectivity index (χ0n) is 14.6. The van der Waals surface area contributed by atoms with Crippen molar-refractivity contribution in [3.63, 3.8) is 0 Å². The topological polar surface area (TPSA) is 67.6 Å². The van der Waals surface area contributed by atoms with Gasteiger partial charge in [0.05, 0.1) is 13.2 Å². The van der Waals surface area contributed by atoms with Crippen molar-refractivity contribution in [2.45, 2.75) is 63.5 Å². The molecule has 0 spiro atoms. The average Bonchev–Trinajstić information content (AvgIpc) is 3.25. The summed E-state index contributed by atoms with van der Waals surface area (Å²) in [6.45, 7) is 6.48. The lowest BCUT2D eigenvalue weighted by atomic mass is 9.85. The first-order valence-corrected chi connectivity index (χ1v) is 9.50. The molecule has 5 nitrogen and oxygen atoms in total. The highest BCUT2D eigenvalue weighted by atomic mass is 16.5. The number of amides is 1. The number of hydrogen-bond donors (Lipinski definition) is 2. The number of nitrogens with zero attached hydrogens (tertiary/aromatic N) is 1. The van der Waals surface area contributed by atoms with E-state index in [1.165, 1.54) is 25.7 Å². The van der Waals surface area contributed by atoms with Gasteiger partial charge in [-0.1, -0.05) is 19.3 Å². The molecule has 2 aliphatic carbocycles. The maximum Gasteiger partial charge on any atom is 0.223 e. The second-order valence-corrected chi connectivity index (χ2v) is 7.67. The number of ether oxygens (including phenoxy) is 1. The Morgan fingerprint density at radius 3 is 2.61 bits per heavy atom. The van der Waals surface area contributed by atoms with Crippen LogP contribution in [0.15, 0.2) is 0 Å². The van der Waals surface area contributed by atoms with E-state index in [1.54, 1.807) is 0 Å². The molecule has 1 amide bonds. The number of carbonyl (C=O) groups excluding carboxylic acids is 1. The van der Waals surface area contributed by atoms with Crippen molar-refractivity contribution >= 4 is 5.91 Å². The van der Waals surface area contributed by atoms with Crippen LogP contribution in [0.4, 0.5) is 0 Å². The Morgan fingerprint density at radius 2 is 1.96 bits per heavy atom. The summed E-state index contributed by atoms with van der Waals surface area (Å²) in [6, 6.07) is 0.203. The van der Waals surface area contributed by atoms with Gasteiger partial charge in [-0.2, -0.15) is 0 Å². The van der Waals surface area contributed by atoms with Crippen molar-refractivity contribution in [3.8, 4) is 0 Å². The van der Waals surface area contributed by atoms with Gasteiger partial charge in [0, 0.05) is 30.6 Å². The number of morpholine rings is 1. The molecule has 5 heteroatoms. The minimum absolute atomic E-state index is 0.130. The number of nitrogens with two attached hydrogens (primary N) is 1. The lowest BCUT2D eigenvalue weighted by Crippen LogP contribution is -2.62. The third-order valence-corrected chi connectivity index (χ3v) is 6.57. The van der Waals surface area contributed by atoms with Crippen LogP contribution in [0.3, 0.4) is 0 Å². The fourth-order valence-corrected chi connectivity index (χ4v) is 5.14. The maximum atomic E-state index is 12.8. The van der Waals surface area contributed by atoms with E-state index in [1.807, 2.05) is 0 Å². The smallest absolute Gasteiger partial charge is 0.223 e. The Balaban J connectivity index is 1.66. The minimum Gasteiger partial charge on any atom is -0.379 e. The largest absolute Gasteiger partial charge is 0.379 e. The van der Waals surface area contributed by atoms with Crippen LogP contribution in [0.2, 0.25) is 0 Å². The molecule has 1 unspecified atom stereocenters. The molecule has 3 fully saturated rings. The van der Waals surface area contributed by atoms with Gasteiger partial charge in [-0.15, -0.1) is 0 Å². The molecular formula is C18H33N3O2. The van der Waals surface area contributed by atoms with Gasteiger partial charge in [0.2, 0.25) is 5.91 Å². The molecule has 132 valence electrons. The van der Waals surface area contributed by atoms with Crippen molar-refractivity contribution in [2.24, 2.45) is 17.6 Å². The summed E-state index contributed by atoms with van der Waals surface area (Å²) in [6.07, 6.45) is 8.18. The average molecular weight is 323 g/mol. The van der Waals surface area contributed by atoms with Crippen LogP contribution in [0, 0.1) is 11.8 Å². The highest BCUT2D eigenvalue weighted by Gasteiger charge is 2.45.